The van der Waals surface area contributed by atoms with Crippen LogP contribution < -0.4 is 5.32 Å². The molecule has 0 aliphatic carbocycles. The molecule has 1 atom stereocenters. The molecule has 0 fully saturated rings. The van der Waals surface area contributed by atoms with Crippen LogP contribution in [0, 0.1) is 10.1 Å². The second kappa shape index (κ2) is 8.28. The van der Waals surface area contributed by atoms with Crippen LogP contribution in [0.25, 0.3) is 0 Å². The lowest BCUT2D eigenvalue weighted by atomic mass is 10.1. The first-order valence-electron chi connectivity index (χ1n) is 7.52. The summed E-state index contributed by atoms with van der Waals surface area (Å²) in [7, 11) is 0. The van der Waals surface area contributed by atoms with Crippen molar-refractivity contribution in [3.8, 4) is 0 Å². The molecule has 0 aliphatic heterocycles. The van der Waals surface area contributed by atoms with E-state index in [0.29, 0.717) is 5.56 Å². The van der Waals surface area contributed by atoms with E-state index in [2.05, 4.69) is 5.32 Å². The second-order valence-electron chi connectivity index (χ2n) is 6.08. The highest BCUT2D eigenvalue weighted by Crippen LogP contribution is 2.15. The van der Waals surface area contributed by atoms with Crippen molar-refractivity contribution in [1.29, 1.82) is 0 Å². The van der Waals surface area contributed by atoms with Gasteiger partial charge in [0, 0.05) is 18.6 Å². The molecule has 1 N–H and O–H groups in total. The average molecular weight is 338 g/mol. The normalized spacial score (nSPS) is 12.2. The van der Waals surface area contributed by atoms with Gasteiger partial charge < -0.3 is 14.8 Å². The third-order valence-electron chi connectivity index (χ3n) is 2.82. The summed E-state index contributed by atoms with van der Waals surface area (Å²) in [5, 5.41) is 13.3. The first kappa shape index (κ1) is 19.4. The van der Waals surface area contributed by atoms with E-state index >= 15 is 0 Å². The van der Waals surface area contributed by atoms with E-state index in [1.54, 1.807) is 33.8 Å². The quantitative estimate of drug-likeness (QED) is 0.485. The Balaban J connectivity index is 2.90. The summed E-state index contributed by atoms with van der Waals surface area (Å²) in [5.41, 5.74) is -0.278. The number of carbonyl (C=O) groups is 2. The van der Waals surface area contributed by atoms with Crippen molar-refractivity contribution >= 4 is 17.7 Å². The van der Waals surface area contributed by atoms with Gasteiger partial charge in [0.05, 0.1) is 11.5 Å². The van der Waals surface area contributed by atoms with E-state index < -0.39 is 28.6 Å². The zero-order chi connectivity index (χ0) is 18.3. The highest BCUT2D eigenvalue weighted by Gasteiger charge is 2.26. The minimum atomic E-state index is -0.998. The lowest BCUT2D eigenvalue weighted by molar-refractivity contribution is -0.384. The molecule has 24 heavy (non-hydrogen) atoms. The predicted octanol–water partition coefficient (Wildman–Crippen LogP) is 2.59. The lowest BCUT2D eigenvalue weighted by Gasteiger charge is -2.23. The predicted molar refractivity (Wildman–Crippen MR) is 86.6 cm³/mol. The fourth-order valence-electron chi connectivity index (χ4n) is 1.92. The maximum absolute atomic E-state index is 12.0. The summed E-state index contributed by atoms with van der Waals surface area (Å²) in [6, 6.07) is 4.86. The maximum atomic E-state index is 12.0. The Morgan fingerprint density at radius 2 is 2.00 bits per heavy atom. The number of hydrogen-bond donors (Lipinski definition) is 1. The topological polar surface area (TPSA) is 108 Å². The van der Waals surface area contributed by atoms with Crippen molar-refractivity contribution in [2.24, 2.45) is 0 Å². The number of amides is 1. The van der Waals surface area contributed by atoms with Gasteiger partial charge in [-0.1, -0.05) is 12.1 Å². The monoisotopic (exact) mass is 338 g/mol. The van der Waals surface area contributed by atoms with Crippen LogP contribution in [-0.4, -0.2) is 35.2 Å². The molecule has 8 nitrogen and oxygen atoms in total. The molecule has 0 spiro atoms. The van der Waals surface area contributed by atoms with Crippen molar-refractivity contribution in [3.63, 3.8) is 0 Å². The molecule has 1 amide bonds. The maximum Gasteiger partial charge on any atom is 0.408 e. The van der Waals surface area contributed by atoms with Gasteiger partial charge in [0.15, 0.2) is 0 Å². The Labute approximate surface area is 140 Å². The van der Waals surface area contributed by atoms with Crippen LogP contribution in [0.1, 0.15) is 33.3 Å². The molecule has 0 saturated heterocycles. The largest absolute Gasteiger partial charge is 0.464 e. The van der Waals surface area contributed by atoms with Crippen LogP contribution in [0.4, 0.5) is 10.5 Å². The minimum Gasteiger partial charge on any atom is -0.464 e. The van der Waals surface area contributed by atoms with Gasteiger partial charge in [-0.15, -0.1) is 0 Å². The molecule has 0 bridgehead atoms. The van der Waals surface area contributed by atoms with Gasteiger partial charge in [0.25, 0.3) is 5.69 Å². The molecule has 1 aromatic rings. The molecule has 0 heterocycles. The van der Waals surface area contributed by atoms with E-state index in [4.69, 9.17) is 9.47 Å². The van der Waals surface area contributed by atoms with Crippen molar-refractivity contribution in [1.82, 2.24) is 5.32 Å². The van der Waals surface area contributed by atoms with Gasteiger partial charge >= 0.3 is 12.1 Å². The van der Waals surface area contributed by atoms with Gasteiger partial charge in [0.2, 0.25) is 0 Å². The Morgan fingerprint density at radius 3 is 2.54 bits per heavy atom. The molecule has 0 saturated carbocycles. The molecule has 0 radical (unpaired) electrons. The van der Waals surface area contributed by atoms with Crippen molar-refractivity contribution < 1.29 is 24.0 Å². The van der Waals surface area contributed by atoms with Crippen LogP contribution in [-0.2, 0) is 20.7 Å². The first-order valence-corrected chi connectivity index (χ1v) is 7.52. The van der Waals surface area contributed by atoms with Gasteiger partial charge in [-0.25, -0.2) is 9.59 Å². The molecular weight excluding hydrogens is 316 g/mol. The van der Waals surface area contributed by atoms with Crippen LogP contribution in [0.15, 0.2) is 24.3 Å². The smallest absolute Gasteiger partial charge is 0.408 e. The summed E-state index contributed by atoms with van der Waals surface area (Å²) in [6.07, 6.45) is -0.703. The molecule has 1 aromatic carbocycles. The molecule has 1 rings (SSSR count). The fraction of sp³-hybridized carbons (Fsp3) is 0.500. The molecular formula is C16H22N2O6. The number of alkyl carbamates (subject to hydrolysis) is 1. The molecule has 0 unspecified atom stereocenters. The highest BCUT2D eigenvalue weighted by atomic mass is 16.6. The van der Waals surface area contributed by atoms with Crippen LogP contribution in [0.2, 0.25) is 0 Å². The van der Waals surface area contributed by atoms with E-state index in [-0.39, 0.29) is 18.7 Å². The number of hydrogen-bond acceptors (Lipinski definition) is 6. The van der Waals surface area contributed by atoms with Crippen molar-refractivity contribution in [2.75, 3.05) is 6.61 Å². The minimum absolute atomic E-state index is 0.0553. The SMILES string of the molecule is CCOC(=O)[C@H](Cc1cccc([N+](=O)[O-])c1)NC(=O)OC(C)(C)C. The number of benzene rings is 1. The number of nitrogens with zero attached hydrogens (tertiary/aromatic N) is 1. The number of esters is 1. The van der Waals surface area contributed by atoms with Crippen LogP contribution in [0.3, 0.4) is 0 Å². The van der Waals surface area contributed by atoms with E-state index in [9.17, 15) is 19.7 Å². The van der Waals surface area contributed by atoms with Gasteiger partial charge in [-0.3, -0.25) is 10.1 Å². The summed E-state index contributed by atoms with van der Waals surface area (Å²) in [5.74, 6) is -0.630. The van der Waals surface area contributed by atoms with E-state index in [0.717, 1.165) is 0 Å². The summed E-state index contributed by atoms with van der Waals surface area (Å²) < 4.78 is 10.1. The van der Waals surface area contributed by atoms with Gasteiger partial charge in [0.1, 0.15) is 11.6 Å². The summed E-state index contributed by atoms with van der Waals surface area (Å²) >= 11 is 0. The molecule has 0 aromatic heterocycles. The molecule has 132 valence electrons. The number of nitro benzene ring substituents is 1. The zero-order valence-electron chi connectivity index (χ0n) is 14.2. The number of rotatable bonds is 6. The number of carbonyl (C=O) groups excluding carboxylic acids is 2. The lowest BCUT2D eigenvalue weighted by Crippen LogP contribution is -2.45. The third kappa shape index (κ3) is 6.64. The van der Waals surface area contributed by atoms with Crippen LogP contribution in [0.5, 0.6) is 0 Å². The Kier molecular flexibility index (Phi) is 6.69. The first-order chi connectivity index (χ1) is 11.1. The Morgan fingerprint density at radius 1 is 1.33 bits per heavy atom. The second-order valence-corrected chi connectivity index (χ2v) is 6.08. The van der Waals surface area contributed by atoms with E-state index in [1.165, 1.54) is 18.2 Å². The van der Waals surface area contributed by atoms with Crippen LogP contribution >= 0.6 is 0 Å². The van der Waals surface area contributed by atoms with E-state index in [1.807, 2.05) is 0 Å². The molecule has 8 heteroatoms. The fourth-order valence-corrected chi connectivity index (χ4v) is 1.92. The average Bonchev–Trinajstić information content (AvgIpc) is 2.45. The highest BCUT2D eigenvalue weighted by molar-refractivity contribution is 5.81. The van der Waals surface area contributed by atoms with Gasteiger partial charge in [-0.2, -0.15) is 0 Å². The standard InChI is InChI=1S/C16H22N2O6/c1-5-23-14(19)13(17-15(20)24-16(2,3)4)10-11-7-6-8-12(9-11)18(21)22/h6-9,13H,5,10H2,1-4H3,(H,17,20)/t13-/m0/s1. The van der Waals surface area contributed by atoms with Gasteiger partial charge in [-0.05, 0) is 33.3 Å². The summed E-state index contributed by atoms with van der Waals surface area (Å²) in [6.45, 7) is 6.90. The number of nitrogens with one attached hydrogen (secondary N) is 1. The van der Waals surface area contributed by atoms with Crippen molar-refractivity contribution in [2.45, 2.75) is 45.8 Å². The number of nitro groups is 1. The zero-order valence-corrected chi connectivity index (χ0v) is 14.2. The Hall–Kier alpha value is -2.64. The Bertz CT molecular complexity index is 609. The third-order valence-corrected chi connectivity index (χ3v) is 2.82. The molecule has 0 aliphatic rings. The summed E-state index contributed by atoms with van der Waals surface area (Å²) in [4.78, 5) is 34.2. The number of ether oxygens (including phenoxy) is 2. The number of non-ortho nitro benzene ring substituents is 1. The van der Waals surface area contributed by atoms with Crippen molar-refractivity contribution in [3.05, 3.63) is 39.9 Å².